The van der Waals surface area contributed by atoms with Crippen LogP contribution in [0, 0.1) is 12.7 Å². The lowest BCUT2D eigenvalue weighted by Crippen LogP contribution is -2.54. The molecule has 188 valence electrons. The monoisotopic (exact) mass is 582 g/mol. The Hall–Kier alpha value is -3.75. The predicted molar refractivity (Wildman–Crippen MR) is 144 cm³/mol. The lowest BCUT2D eigenvalue weighted by Gasteiger charge is -2.26. The second-order valence-corrected chi connectivity index (χ2v) is 9.52. The van der Waals surface area contributed by atoms with Crippen LogP contribution in [0.2, 0.25) is 5.02 Å². The van der Waals surface area contributed by atoms with Crippen molar-refractivity contribution in [2.24, 2.45) is 0 Å². The molecule has 0 saturated carbocycles. The number of amides is 4. The van der Waals surface area contributed by atoms with Gasteiger partial charge in [0.2, 0.25) is 0 Å². The molecular formula is C28H21BrClFN2O4. The van der Waals surface area contributed by atoms with Gasteiger partial charge in [-0.2, -0.15) is 0 Å². The summed E-state index contributed by atoms with van der Waals surface area (Å²) in [4.78, 5) is 39.2. The minimum atomic E-state index is -0.863. The largest absolute Gasteiger partial charge is 0.487 e. The van der Waals surface area contributed by atoms with Gasteiger partial charge in [-0.3, -0.25) is 14.9 Å². The second-order valence-electron chi connectivity index (χ2n) is 8.26. The maximum atomic E-state index is 14.0. The molecule has 0 atom stereocenters. The van der Waals surface area contributed by atoms with E-state index in [4.69, 9.17) is 16.3 Å². The zero-order valence-corrected chi connectivity index (χ0v) is 22.0. The van der Waals surface area contributed by atoms with E-state index >= 15 is 0 Å². The zero-order chi connectivity index (χ0) is 26.7. The first-order chi connectivity index (χ1) is 17.7. The third-order valence-corrected chi connectivity index (χ3v) is 6.66. The average molecular weight is 584 g/mol. The van der Waals surface area contributed by atoms with Crippen molar-refractivity contribution in [1.29, 1.82) is 0 Å². The van der Waals surface area contributed by atoms with E-state index in [2.05, 4.69) is 27.8 Å². The molecule has 0 spiro atoms. The number of carbonyl (C=O) groups is 3. The Bertz CT molecular complexity index is 1470. The fourth-order valence-electron chi connectivity index (χ4n) is 3.77. The van der Waals surface area contributed by atoms with E-state index in [1.54, 1.807) is 55.5 Å². The molecule has 1 aliphatic heterocycles. The number of hydrogen-bond acceptors (Lipinski definition) is 4. The third kappa shape index (κ3) is 5.65. The van der Waals surface area contributed by atoms with Gasteiger partial charge >= 0.3 is 6.03 Å². The highest BCUT2D eigenvalue weighted by Gasteiger charge is 2.37. The number of anilines is 1. The van der Waals surface area contributed by atoms with Crippen LogP contribution in [0.5, 0.6) is 5.75 Å². The van der Waals surface area contributed by atoms with Crippen LogP contribution in [-0.4, -0.2) is 17.8 Å². The molecule has 0 aromatic heterocycles. The van der Waals surface area contributed by atoms with Gasteiger partial charge < -0.3 is 4.74 Å². The molecule has 6 nitrogen and oxygen atoms in total. The van der Waals surface area contributed by atoms with Crippen molar-refractivity contribution in [3.63, 3.8) is 0 Å². The highest BCUT2D eigenvalue weighted by Crippen LogP contribution is 2.34. The number of hydrogen-bond donors (Lipinski definition) is 1. The molecule has 9 heteroatoms. The predicted octanol–water partition coefficient (Wildman–Crippen LogP) is 6.52. The van der Waals surface area contributed by atoms with Gasteiger partial charge in [0.25, 0.3) is 11.8 Å². The van der Waals surface area contributed by atoms with E-state index in [0.717, 1.165) is 10.5 Å². The van der Waals surface area contributed by atoms with E-state index in [1.165, 1.54) is 18.2 Å². The van der Waals surface area contributed by atoms with Crippen LogP contribution < -0.4 is 15.0 Å². The Balaban J connectivity index is 1.68. The Labute approximate surface area is 226 Å². The number of urea groups is 1. The van der Waals surface area contributed by atoms with Gasteiger partial charge in [0, 0.05) is 10.6 Å². The third-order valence-electron chi connectivity index (χ3n) is 5.66. The molecule has 1 N–H and O–H groups in total. The van der Waals surface area contributed by atoms with Crippen LogP contribution >= 0.6 is 27.5 Å². The van der Waals surface area contributed by atoms with E-state index in [-0.39, 0.29) is 23.7 Å². The van der Waals surface area contributed by atoms with Gasteiger partial charge in [0.05, 0.1) is 10.2 Å². The van der Waals surface area contributed by atoms with Crippen LogP contribution in [-0.2, 0) is 22.6 Å². The summed E-state index contributed by atoms with van der Waals surface area (Å²) >= 11 is 9.66. The summed E-state index contributed by atoms with van der Waals surface area (Å²) in [6.07, 6.45) is 3.48. The molecule has 3 aromatic carbocycles. The number of ether oxygens (including phenoxy) is 1. The number of aryl methyl sites for hydroxylation is 1. The minimum Gasteiger partial charge on any atom is -0.487 e. The van der Waals surface area contributed by atoms with Crippen LogP contribution in [0.3, 0.4) is 0 Å². The van der Waals surface area contributed by atoms with Crippen molar-refractivity contribution < 1.29 is 23.5 Å². The van der Waals surface area contributed by atoms with Gasteiger partial charge in [-0.1, -0.05) is 41.9 Å². The smallest absolute Gasteiger partial charge is 0.335 e. The fourth-order valence-corrected chi connectivity index (χ4v) is 4.58. The SMILES string of the molecule is C=CCc1cc(/C=C2/C(=O)NC(=O)N(c3ccc(C)c(Cl)c3)C2=O)cc(Br)c1OCc1ccccc1F. The molecule has 4 amide bonds. The first-order valence-electron chi connectivity index (χ1n) is 11.2. The summed E-state index contributed by atoms with van der Waals surface area (Å²) in [5.41, 5.74) is 2.40. The van der Waals surface area contributed by atoms with Crippen molar-refractivity contribution >= 4 is 57.1 Å². The number of halogens is 3. The number of rotatable bonds is 7. The molecule has 3 aromatic rings. The van der Waals surface area contributed by atoms with Gasteiger partial charge in [-0.05, 0) is 82.4 Å². The van der Waals surface area contributed by atoms with Gasteiger partial charge in [-0.15, -0.1) is 6.58 Å². The summed E-state index contributed by atoms with van der Waals surface area (Å²) in [6.45, 7) is 5.57. The molecule has 0 radical (unpaired) electrons. The second kappa shape index (κ2) is 11.1. The fraction of sp³-hybridized carbons (Fsp3) is 0.107. The molecule has 0 unspecified atom stereocenters. The maximum Gasteiger partial charge on any atom is 0.335 e. The van der Waals surface area contributed by atoms with E-state index in [1.807, 2.05) is 0 Å². The lowest BCUT2D eigenvalue weighted by molar-refractivity contribution is -0.122. The average Bonchev–Trinajstić information content (AvgIpc) is 2.84. The summed E-state index contributed by atoms with van der Waals surface area (Å²) in [5, 5.41) is 2.58. The van der Waals surface area contributed by atoms with Gasteiger partial charge in [-0.25, -0.2) is 14.1 Å². The maximum absolute atomic E-state index is 14.0. The first kappa shape index (κ1) is 26.3. The van der Waals surface area contributed by atoms with Gasteiger partial charge in [0.15, 0.2) is 0 Å². The molecular weight excluding hydrogens is 563 g/mol. The van der Waals surface area contributed by atoms with E-state index in [9.17, 15) is 18.8 Å². The Morgan fingerprint density at radius 1 is 1.11 bits per heavy atom. The highest BCUT2D eigenvalue weighted by molar-refractivity contribution is 9.10. The lowest BCUT2D eigenvalue weighted by atomic mass is 10.0. The molecule has 37 heavy (non-hydrogen) atoms. The summed E-state index contributed by atoms with van der Waals surface area (Å²) in [5.74, 6) is -1.49. The zero-order valence-electron chi connectivity index (χ0n) is 19.7. The van der Waals surface area contributed by atoms with Crippen molar-refractivity contribution in [1.82, 2.24) is 5.32 Å². The molecule has 4 rings (SSSR count). The van der Waals surface area contributed by atoms with Crippen molar-refractivity contribution in [3.8, 4) is 5.75 Å². The normalized spacial score (nSPS) is 14.6. The number of barbiturate groups is 1. The molecule has 0 bridgehead atoms. The number of carbonyl (C=O) groups excluding carboxylic acids is 3. The van der Waals surface area contributed by atoms with Crippen LogP contribution in [0.1, 0.15) is 22.3 Å². The number of nitrogens with one attached hydrogen (secondary N) is 1. The van der Waals surface area contributed by atoms with Gasteiger partial charge in [0.1, 0.15) is 23.7 Å². The van der Waals surface area contributed by atoms with Crippen molar-refractivity contribution in [3.05, 3.63) is 110 Å². The number of nitrogens with zero attached hydrogens (tertiary/aromatic N) is 1. The van der Waals surface area contributed by atoms with Crippen molar-refractivity contribution in [2.75, 3.05) is 4.90 Å². The number of benzene rings is 3. The van der Waals surface area contributed by atoms with Crippen molar-refractivity contribution in [2.45, 2.75) is 20.0 Å². The summed E-state index contributed by atoms with van der Waals surface area (Å²) in [6, 6.07) is 13.6. The summed E-state index contributed by atoms with van der Waals surface area (Å²) in [7, 11) is 0. The quantitative estimate of drug-likeness (QED) is 0.195. The first-order valence-corrected chi connectivity index (χ1v) is 12.3. The van der Waals surface area contributed by atoms with E-state index < -0.39 is 17.8 Å². The standard InChI is InChI=1S/C28H21BrClFN2O4/c1-3-6-18-11-17(13-22(29)25(18)37-15-19-7-4-5-8-24(19)31)12-21-26(34)32-28(36)33(27(21)35)20-10-9-16(2)23(30)14-20/h3-5,7-14H,1,6,15H2,2H3,(H,32,34,36)/b21-12-. The topological polar surface area (TPSA) is 75.7 Å². The number of imide groups is 2. The Morgan fingerprint density at radius 2 is 1.86 bits per heavy atom. The van der Waals surface area contributed by atoms with Crippen LogP contribution in [0.15, 0.2) is 77.3 Å². The number of allylic oxidation sites excluding steroid dienone is 1. The van der Waals surface area contributed by atoms with Crippen LogP contribution in [0.4, 0.5) is 14.9 Å². The molecule has 0 aliphatic carbocycles. The highest BCUT2D eigenvalue weighted by atomic mass is 79.9. The van der Waals surface area contributed by atoms with Crippen LogP contribution in [0.25, 0.3) is 6.08 Å². The molecule has 1 heterocycles. The van der Waals surface area contributed by atoms with E-state index in [0.29, 0.717) is 38.4 Å². The molecule has 1 aliphatic rings. The Morgan fingerprint density at radius 3 is 2.57 bits per heavy atom. The minimum absolute atomic E-state index is 0.00687. The molecule has 1 saturated heterocycles. The molecule has 1 fully saturated rings. The Kier molecular flexibility index (Phi) is 7.90. The summed E-state index contributed by atoms with van der Waals surface area (Å²) < 4.78 is 20.5.